The third kappa shape index (κ3) is 6.20. The lowest BCUT2D eigenvalue weighted by Gasteiger charge is -2.36. The quantitative estimate of drug-likeness (QED) is 0.0760. The number of hydrogen-bond acceptors (Lipinski definition) is 10. The van der Waals surface area contributed by atoms with Gasteiger partial charge < -0.3 is 40.5 Å². The Hall–Kier alpha value is -5.90. The van der Waals surface area contributed by atoms with Gasteiger partial charge in [-0.3, -0.25) is 9.59 Å². The molecule has 4 unspecified atom stereocenters. The highest BCUT2D eigenvalue weighted by Gasteiger charge is 2.42. The molecule has 1 aliphatic carbocycles. The van der Waals surface area contributed by atoms with Gasteiger partial charge in [-0.15, -0.1) is 0 Å². The fourth-order valence-electron chi connectivity index (χ4n) is 7.07. The number of carbonyl (C=O) groups excluding carboxylic acids is 2. The summed E-state index contributed by atoms with van der Waals surface area (Å²) < 4.78 is 6.07. The molecule has 0 bridgehead atoms. The molecule has 10 nitrogen and oxygen atoms in total. The first-order valence-corrected chi connectivity index (χ1v) is 16.3. The van der Waals surface area contributed by atoms with E-state index >= 15 is 0 Å². The minimum absolute atomic E-state index is 0.0866. The van der Waals surface area contributed by atoms with E-state index in [9.17, 15) is 45.3 Å². The molecule has 4 aromatic rings. The van der Waals surface area contributed by atoms with Crippen molar-refractivity contribution < 1.29 is 50.1 Å². The van der Waals surface area contributed by atoms with Crippen molar-refractivity contribution in [1.29, 1.82) is 0 Å². The lowest BCUT2D eigenvalue weighted by atomic mass is 9.66. The molecule has 0 radical (unpaired) electrons. The maximum Gasteiger partial charge on any atom is 0.174 e. The highest BCUT2D eigenvalue weighted by molar-refractivity contribution is 6.09. The summed E-state index contributed by atoms with van der Waals surface area (Å²) >= 11 is 0. The van der Waals surface area contributed by atoms with Crippen LogP contribution in [0.2, 0.25) is 0 Å². The first-order chi connectivity index (χ1) is 23.7. The Balaban J connectivity index is 1.52. The standard InChI is InChI=1S/C40H38O10/c1-19(2)4-7-25-30(43)12-11-27(38(25)47)40(49)36-28(23-8-5-21(41)16-32(23)45)14-20(3)15-29(36)37-31(44)13-10-26(39(37)48)35-18-33(46)24-9-6-22(42)17-34(24)50-35/h4-6,8-13,15-17,20,28,35-36,41-45,47-48H,7,14,18H2,1-3H3. The molecule has 1 heterocycles. The van der Waals surface area contributed by atoms with Crippen LogP contribution in [0, 0.1) is 11.8 Å². The van der Waals surface area contributed by atoms with Gasteiger partial charge in [0.05, 0.1) is 29.0 Å². The van der Waals surface area contributed by atoms with E-state index in [4.69, 9.17) is 4.74 Å². The number of phenols is 7. The van der Waals surface area contributed by atoms with E-state index in [2.05, 4.69) is 0 Å². The number of Topliss-reactive ketones (excluding diaryl/α,β-unsaturated/α-hetero) is 2. The third-order valence-electron chi connectivity index (χ3n) is 9.49. The minimum atomic E-state index is -1.20. The fraction of sp³-hybridized carbons (Fsp3) is 0.250. The van der Waals surface area contributed by atoms with E-state index < -0.39 is 35.2 Å². The third-order valence-corrected chi connectivity index (χ3v) is 9.49. The van der Waals surface area contributed by atoms with Crippen LogP contribution in [0.1, 0.15) is 88.6 Å². The molecule has 0 fully saturated rings. The number of ketones is 2. The average Bonchev–Trinajstić information content (AvgIpc) is 3.04. The predicted molar refractivity (Wildman–Crippen MR) is 185 cm³/mol. The smallest absolute Gasteiger partial charge is 0.174 e. The molecule has 4 atom stereocenters. The minimum Gasteiger partial charge on any atom is -0.508 e. The Labute approximate surface area is 288 Å². The maximum absolute atomic E-state index is 14.8. The summed E-state index contributed by atoms with van der Waals surface area (Å²) in [6, 6.07) is 13.6. The Bertz CT molecular complexity index is 2090. The Morgan fingerprint density at radius 3 is 2.22 bits per heavy atom. The largest absolute Gasteiger partial charge is 0.508 e. The van der Waals surface area contributed by atoms with E-state index in [0.29, 0.717) is 12.0 Å². The van der Waals surface area contributed by atoms with Crippen LogP contribution in [0.15, 0.2) is 78.4 Å². The summed E-state index contributed by atoms with van der Waals surface area (Å²) in [6.07, 6.45) is 2.89. The van der Waals surface area contributed by atoms with Gasteiger partial charge >= 0.3 is 0 Å². The maximum atomic E-state index is 14.8. The normalized spacial score (nSPS) is 20.0. The molecule has 0 saturated heterocycles. The number of benzene rings is 4. The fourth-order valence-corrected chi connectivity index (χ4v) is 7.07. The summed E-state index contributed by atoms with van der Waals surface area (Å²) in [6.45, 7) is 5.61. The number of carbonyl (C=O) groups is 2. The molecule has 50 heavy (non-hydrogen) atoms. The molecule has 1 aliphatic heterocycles. The molecule has 6 rings (SSSR count). The summed E-state index contributed by atoms with van der Waals surface area (Å²) in [5.74, 6) is -4.94. The number of aromatic hydroxyl groups is 7. The van der Waals surface area contributed by atoms with Crippen LogP contribution in [0.5, 0.6) is 46.0 Å². The van der Waals surface area contributed by atoms with Crippen molar-refractivity contribution in [2.75, 3.05) is 0 Å². The highest BCUT2D eigenvalue weighted by atomic mass is 16.5. The van der Waals surface area contributed by atoms with Crippen LogP contribution < -0.4 is 4.74 Å². The zero-order valence-electron chi connectivity index (χ0n) is 27.7. The number of fused-ring (bicyclic) bond motifs is 1. The Kier molecular flexibility index (Phi) is 8.96. The van der Waals surface area contributed by atoms with Gasteiger partial charge in [-0.05, 0) is 86.2 Å². The van der Waals surface area contributed by atoms with Gasteiger partial charge in [-0.25, -0.2) is 0 Å². The molecule has 10 heteroatoms. The van der Waals surface area contributed by atoms with Gasteiger partial charge in [0.1, 0.15) is 52.1 Å². The molecular formula is C40H38O10. The molecular weight excluding hydrogens is 640 g/mol. The number of allylic oxidation sites excluding steroid dienone is 4. The van der Waals surface area contributed by atoms with Gasteiger partial charge in [-0.2, -0.15) is 0 Å². The summed E-state index contributed by atoms with van der Waals surface area (Å²) in [7, 11) is 0. The van der Waals surface area contributed by atoms with Gasteiger partial charge in [0.2, 0.25) is 0 Å². The number of phenolic OH excluding ortho intramolecular Hbond substituents is 7. The first-order valence-electron chi connectivity index (χ1n) is 16.3. The van der Waals surface area contributed by atoms with Gasteiger partial charge in [0, 0.05) is 29.2 Å². The van der Waals surface area contributed by atoms with Crippen molar-refractivity contribution in [1.82, 2.24) is 0 Å². The summed E-state index contributed by atoms with van der Waals surface area (Å²) in [5, 5.41) is 76.4. The van der Waals surface area contributed by atoms with Crippen molar-refractivity contribution in [2.24, 2.45) is 11.8 Å². The van der Waals surface area contributed by atoms with Gasteiger partial charge in [-0.1, -0.05) is 30.7 Å². The molecule has 258 valence electrons. The van der Waals surface area contributed by atoms with Crippen LogP contribution in [-0.2, 0) is 6.42 Å². The van der Waals surface area contributed by atoms with Crippen LogP contribution in [0.4, 0.5) is 0 Å². The van der Waals surface area contributed by atoms with Gasteiger partial charge in [0.15, 0.2) is 11.6 Å². The second-order valence-corrected chi connectivity index (χ2v) is 13.3. The van der Waals surface area contributed by atoms with E-state index in [1.165, 1.54) is 54.6 Å². The molecule has 0 saturated carbocycles. The van der Waals surface area contributed by atoms with Crippen molar-refractivity contribution in [2.45, 2.75) is 52.1 Å². The number of ether oxygens (including phenoxy) is 1. The Morgan fingerprint density at radius 2 is 1.50 bits per heavy atom. The lowest BCUT2D eigenvalue weighted by Crippen LogP contribution is -2.29. The molecule has 4 aromatic carbocycles. The lowest BCUT2D eigenvalue weighted by molar-refractivity contribution is 0.0846. The predicted octanol–water partition coefficient (Wildman–Crippen LogP) is 7.55. The van der Waals surface area contributed by atoms with Gasteiger partial charge in [0.25, 0.3) is 0 Å². The second kappa shape index (κ2) is 13.2. The second-order valence-electron chi connectivity index (χ2n) is 13.3. The number of hydrogen-bond donors (Lipinski definition) is 7. The zero-order chi connectivity index (χ0) is 36.0. The van der Waals surface area contributed by atoms with E-state index in [-0.39, 0.29) is 92.4 Å². The van der Waals surface area contributed by atoms with Crippen molar-refractivity contribution in [3.63, 3.8) is 0 Å². The van der Waals surface area contributed by atoms with E-state index in [1.54, 1.807) is 12.2 Å². The van der Waals surface area contributed by atoms with Crippen molar-refractivity contribution >= 4 is 17.1 Å². The Morgan fingerprint density at radius 1 is 0.820 bits per heavy atom. The molecule has 0 aromatic heterocycles. The molecule has 7 N–H and O–H groups in total. The highest BCUT2D eigenvalue weighted by Crippen LogP contribution is 2.54. The zero-order valence-corrected chi connectivity index (χ0v) is 27.7. The summed E-state index contributed by atoms with van der Waals surface area (Å²) in [5.41, 5.74) is 1.86. The molecule has 2 aliphatic rings. The van der Waals surface area contributed by atoms with Crippen LogP contribution >= 0.6 is 0 Å². The SMILES string of the molecule is CC(C)=CCc1c(O)ccc(C(=O)C2C(c3c(O)ccc(C4CC(=O)c5ccc(O)cc5O4)c3O)=CC(C)CC2c2ccc(O)cc2O)c1O. The van der Waals surface area contributed by atoms with E-state index in [0.717, 1.165) is 11.6 Å². The van der Waals surface area contributed by atoms with Crippen LogP contribution in [0.25, 0.3) is 5.57 Å². The molecule has 0 spiro atoms. The average molecular weight is 679 g/mol. The van der Waals surface area contributed by atoms with Crippen molar-refractivity contribution in [3.05, 3.63) is 112 Å². The van der Waals surface area contributed by atoms with E-state index in [1.807, 2.05) is 20.8 Å². The van der Waals surface area contributed by atoms with Crippen LogP contribution in [-0.4, -0.2) is 47.3 Å². The summed E-state index contributed by atoms with van der Waals surface area (Å²) in [4.78, 5) is 27.9. The molecule has 0 amide bonds. The first kappa shape index (κ1) is 34.0. The topological polar surface area (TPSA) is 185 Å². The number of rotatable bonds is 7. The van der Waals surface area contributed by atoms with Crippen LogP contribution in [0.3, 0.4) is 0 Å². The monoisotopic (exact) mass is 678 g/mol. The van der Waals surface area contributed by atoms with Crippen molar-refractivity contribution in [3.8, 4) is 46.0 Å².